The SMILES string of the molecule is CC(=O)N[C@@H]1C(=O)N(CCOc2ccccc2)c2c(C)cccc21. The Kier molecular flexibility index (Phi) is 4.51. The highest BCUT2D eigenvalue weighted by molar-refractivity contribution is 6.06. The summed E-state index contributed by atoms with van der Waals surface area (Å²) >= 11 is 0. The van der Waals surface area contributed by atoms with E-state index < -0.39 is 6.04 Å². The molecule has 0 saturated carbocycles. The molecule has 5 heteroatoms. The lowest BCUT2D eigenvalue weighted by atomic mass is 10.1. The number of carbonyl (C=O) groups is 2. The Hall–Kier alpha value is -2.82. The fourth-order valence-electron chi connectivity index (χ4n) is 3.02. The summed E-state index contributed by atoms with van der Waals surface area (Å²) in [5.41, 5.74) is 2.72. The van der Waals surface area contributed by atoms with Crippen LogP contribution in [0.1, 0.15) is 24.1 Å². The molecule has 0 aliphatic carbocycles. The number of ether oxygens (including phenoxy) is 1. The van der Waals surface area contributed by atoms with E-state index in [9.17, 15) is 9.59 Å². The highest BCUT2D eigenvalue weighted by Crippen LogP contribution is 2.38. The molecule has 2 aromatic carbocycles. The topological polar surface area (TPSA) is 58.6 Å². The Morgan fingerprint density at radius 2 is 1.92 bits per heavy atom. The van der Waals surface area contributed by atoms with Crippen LogP contribution >= 0.6 is 0 Å². The van der Waals surface area contributed by atoms with Crippen LogP contribution in [0.25, 0.3) is 0 Å². The van der Waals surface area contributed by atoms with Crippen molar-refractivity contribution in [2.24, 2.45) is 0 Å². The number of fused-ring (bicyclic) bond motifs is 1. The Balaban J connectivity index is 1.78. The maximum absolute atomic E-state index is 12.7. The molecule has 0 bridgehead atoms. The molecule has 1 heterocycles. The van der Waals surface area contributed by atoms with Crippen molar-refractivity contribution in [1.82, 2.24) is 5.32 Å². The molecule has 124 valence electrons. The second-order valence-electron chi connectivity index (χ2n) is 5.80. The van der Waals surface area contributed by atoms with E-state index in [0.29, 0.717) is 13.2 Å². The molecule has 0 radical (unpaired) electrons. The van der Waals surface area contributed by atoms with Gasteiger partial charge in [0.1, 0.15) is 18.4 Å². The second-order valence-corrected chi connectivity index (χ2v) is 5.80. The van der Waals surface area contributed by atoms with Crippen molar-refractivity contribution < 1.29 is 14.3 Å². The van der Waals surface area contributed by atoms with E-state index in [0.717, 1.165) is 22.6 Å². The van der Waals surface area contributed by atoms with Gasteiger partial charge in [-0.1, -0.05) is 36.4 Å². The van der Waals surface area contributed by atoms with E-state index in [1.54, 1.807) is 4.90 Å². The van der Waals surface area contributed by atoms with Gasteiger partial charge in [-0.15, -0.1) is 0 Å². The summed E-state index contributed by atoms with van der Waals surface area (Å²) in [7, 11) is 0. The number of benzene rings is 2. The van der Waals surface area contributed by atoms with Crippen molar-refractivity contribution in [3.8, 4) is 5.75 Å². The minimum absolute atomic E-state index is 0.119. The van der Waals surface area contributed by atoms with E-state index in [1.165, 1.54) is 6.92 Å². The number of nitrogens with zero attached hydrogens (tertiary/aromatic N) is 1. The van der Waals surface area contributed by atoms with Crippen molar-refractivity contribution in [2.75, 3.05) is 18.1 Å². The summed E-state index contributed by atoms with van der Waals surface area (Å²) < 4.78 is 5.71. The van der Waals surface area contributed by atoms with Crippen molar-refractivity contribution in [2.45, 2.75) is 19.9 Å². The van der Waals surface area contributed by atoms with Crippen LogP contribution in [0.2, 0.25) is 0 Å². The van der Waals surface area contributed by atoms with Gasteiger partial charge in [0.2, 0.25) is 5.91 Å². The number of nitrogens with one attached hydrogen (secondary N) is 1. The third-order valence-electron chi connectivity index (χ3n) is 4.04. The van der Waals surface area contributed by atoms with Crippen LogP contribution in [0.3, 0.4) is 0 Å². The molecule has 0 fully saturated rings. The summed E-state index contributed by atoms with van der Waals surface area (Å²) in [5.74, 6) is 0.432. The van der Waals surface area contributed by atoms with Crippen molar-refractivity contribution in [1.29, 1.82) is 0 Å². The number of rotatable bonds is 5. The van der Waals surface area contributed by atoms with Gasteiger partial charge in [0, 0.05) is 12.5 Å². The minimum atomic E-state index is -0.617. The van der Waals surface area contributed by atoms with Gasteiger partial charge in [0.15, 0.2) is 0 Å². The quantitative estimate of drug-likeness (QED) is 0.920. The third-order valence-corrected chi connectivity index (χ3v) is 4.04. The Bertz CT molecular complexity index is 758. The third kappa shape index (κ3) is 3.11. The van der Waals surface area contributed by atoms with E-state index in [-0.39, 0.29) is 11.8 Å². The molecule has 0 saturated heterocycles. The molecule has 5 nitrogen and oxygen atoms in total. The van der Waals surface area contributed by atoms with Gasteiger partial charge >= 0.3 is 0 Å². The first-order chi connectivity index (χ1) is 11.6. The predicted octanol–water partition coefficient (Wildman–Crippen LogP) is 2.60. The summed E-state index contributed by atoms with van der Waals surface area (Å²) in [6.07, 6.45) is 0. The highest BCUT2D eigenvalue weighted by Gasteiger charge is 2.38. The van der Waals surface area contributed by atoms with Crippen molar-refractivity contribution in [3.05, 3.63) is 59.7 Å². The number of carbonyl (C=O) groups excluding carboxylic acids is 2. The van der Waals surface area contributed by atoms with Gasteiger partial charge in [0.05, 0.1) is 12.2 Å². The zero-order valence-corrected chi connectivity index (χ0v) is 13.8. The largest absolute Gasteiger partial charge is 0.492 e. The lowest BCUT2D eigenvalue weighted by Crippen LogP contribution is -2.38. The van der Waals surface area contributed by atoms with E-state index >= 15 is 0 Å². The van der Waals surface area contributed by atoms with Crippen LogP contribution in [0, 0.1) is 6.92 Å². The van der Waals surface area contributed by atoms with Gasteiger partial charge < -0.3 is 15.0 Å². The standard InChI is InChI=1S/C19H20N2O3/c1-13-7-6-10-16-17(20-14(2)22)19(23)21(18(13)16)11-12-24-15-8-4-3-5-9-15/h3-10,17H,11-12H2,1-2H3,(H,20,22)/t17-/m0/s1. The Morgan fingerprint density at radius 1 is 1.17 bits per heavy atom. The smallest absolute Gasteiger partial charge is 0.254 e. The molecule has 1 atom stereocenters. The zero-order chi connectivity index (χ0) is 17.1. The number of amides is 2. The second kappa shape index (κ2) is 6.74. The molecule has 3 rings (SSSR count). The van der Waals surface area contributed by atoms with Crippen LogP contribution in [0.4, 0.5) is 5.69 Å². The summed E-state index contributed by atoms with van der Waals surface area (Å²) in [4.78, 5) is 25.9. The van der Waals surface area contributed by atoms with Crippen molar-refractivity contribution in [3.63, 3.8) is 0 Å². The fraction of sp³-hybridized carbons (Fsp3) is 0.263. The van der Waals surface area contributed by atoms with Crippen LogP contribution in [-0.2, 0) is 9.59 Å². The summed E-state index contributed by atoms with van der Waals surface area (Å²) in [6, 6.07) is 14.6. The molecule has 0 unspecified atom stereocenters. The van der Waals surface area contributed by atoms with Gasteiger partial charge in [-0.25, -0.2) is 0 Å². The van der Waals surface area contributed by atoms with Gasteiger partial charge in [-0.05, 0) is 24.6 Å². The Labute approximate surface area is 141 Å². The minimum Gasteiger partial charge on any atom is -0.492 e. The molecule has 1 aliphatic heterocycles. The first-order valence-electron chi connectivity index (χ1n) is 7.94. The number of hydrogen-bond acceptors (Lipinski definition) is 3. The molecule has 24 heavy (non-hydrogen) atoms. The first-order valence-corrected chi connectivity index (χ1v) is 7.94. The number of para-hydroxylation sites is 2. The molecule has 2 amide bonds. The normalized spacial score (nSPS) is 16.0. The predicted molar refractivity (Wildman–Crippen MR) is 92.0 cm³/mol. The van der Waals surface area contributed by atoms with Crippen LogP contribution in [0.15, 0.2) is 48.5 Å². The highest BCUT2D eigenvalue weighted by atomic mass is 16.5. The maximum Gasteiger partial charge on any atom is 0.254 e. The van der Waals surface area contributed by atoms with Gasteiger partial charge in [-0.3, -0.25) is 9.59 Å². The molecule has 1 aliphatic rings. The van der Waals surface area contributed by atoms with E-state index in [2.05, 4.69) is 5.32 Å². The average Bonchev–Trinajstić information content (AvgIpc) is 2.82. The fourth-order valence-corrected chi connectivity index (χ4v) is 3.02. The van der Waals surface area contributed by atoms with Crippen LogP contribution in [-0.4, -0.2) is 25.0 Å². The molecule has 0 aromatic heterocycles. The lowest BCUT2D eigenvalue weighted by molar-refractivity contribution is -0.126. The van der Waals surface area contributed by atoms with Gasteiger partial charge in [-0.2, -0.15) is 0 Å². The number of anilines is 1. The van der Waals surface area contributed by atoms with Crippen molar-refractivity contribution >= 4 is 17.5 Å². The average molecular weight is 324 g/mol. The molecular weight excluding hydrogens is 304 g/mol. The van der Waals surface area contributed by atoms with E-state index in [4.69, 9.17) is 4.74 Å². The number of hydrogen-bond donors (Lipinski definition) is 1. The number of aryl methyl sites for hydroxylation is 1. The monoisotopic (exact) mass is 324 g/mol. The molecule has 0 spiro atoms. The molecular formula is C19H20N2O3. The summed E-state index contributed by atoms with van der Waals surface area (Å²) in [6.45, 7) is 4.20. The molecule has 1 N–H and O–H groups in total. The molecule has 2 aromatic rings. The van der Waals surface area contributed by atoms with Gasteiger partial charge in [0.25, 0.3) is 5.91 Å². The zero-order valence-electron chi connectivity index (χ0n) is 13.8. The first kappa shape index (κ1) is 16.1. The summed E-state index contributed by atoms with van der Waals surface area (Å²) in [5, 5.41) is 2.74. The van der Waals surface area contributed by atoms with Crippen LogP contribution in [0.5, 0.6) is 5.75 Å². The lowest BCUT2D eigenvalue weighted by Gasteiger charge is -2.19. The Morgan fingerprint density at radius 3 is 2.62 bits per heavy atom. The van der Waals surface area contributed by atoms with E-state index in [1.807, 2.05) is 55.5 Å². The maximum atomic E-state index is 12.7. The van der Waals surface area contributed by atoms with Crippen LogP contribution < -0.4 is 15.0 Å².